The summed E-state index contributed by atoms with van der Waals surface area (Å²) in [5.41, 5.74) is 4.33. The average Bonchev–Trinajstić information content (AvgIpc) is 3.67. The zero-order valence-electron chi connectivity index (χ0n) is 23.3. The number of H-pyrrole nitrogens is 1. The van der Waals surface area contributed by atoms with E-state index >= 15 is 0 Å². The van der Waals surface area contributed by atoms with Gasteiger partial charge >= 0.3 is 0 Å². The molecule has 0 atom stereocenters. The van der Waals surface area contributed by atoms with E-state index in [0.29, 0.717) is 37.3 Å². The molecule has 1 aliphatic rings. The Morgan fingerprint density at radius 3 is 2.26 bits per heavy atom. The average molecular weight is 530 g/mol. The third-order valence-electron chi connectivity index (χ3n) is 7.35. The van der Waals surface area contributed by atoms with Crippen molar-refractivity contribution in [3.8, 4) is 22.5 Å². The maximum atomic E-state index is 6.20. The van der Waals surface area contributed by atoms with Crippen LogP contribution in [-0.4, -0.2) is 48.6 Å². The van der Waals surface area contributed by atoms with Gasteiger partial charge in [-0.05, 0) is 59.7 Å². The fourth-order valence-electron chi connectivity index (χ4n) is 5.25. The van der Waals surface area contributed by atoms with E-state index < -0.39 is 5.79 Å². The molecule has 0 spiro atoms. The Kier molecular flexibility index (Phi) is 8.78. The van der Waals surface area contributed by atoms with Crippen LogP contribution in [0.2, 0.25) is 0 Å². The lowest BCUT2D eigenvalue weighted by Gasteiger charge is -2.27. The molecular formula is C30H39N7O2. The quantitative estimate of drug-likeness (QED) is 0.216. The van der Waals surface area contributed by atoms with E-state index in [2.05, 4.69) is 69.5 Å². The molecule has 1 saturated carbocycles. The first-order valence-electron chi connectivity index (χ1n) is 14.3. The molecule has 9 nitrogen and oxygen atoms in total. The number of tetrazole rings is 1. The summed E-state index contributed by atoms with van der Waals surface area (Å²) >= 11 is 0. The fraction of sp³-hybridized carbons (Fsp3) is 0.500. The van der Waals surface area contributed by atoms with Gasteiger partial charge in [0.1, 0.15) is 5.82 Å². The molecule has 39 heavy (non-hydrogen) atoms. The number of aromatic amines is 1. The summed E-state index contributed by atoms with van der Waals surface area (Å²) in [5.74, 6) is 1.28. The second-order valence-corrected chi connectivity index (χ2v) is 10.4. The molecule has 9 heteroatoms. The lowest BCUT2D eigenvalue weighted by atomic mass is 9.95. The minimum absolute atomic E-state index is 0.360. The van der Waals surface area contributed by atoms with Crippen LogP contribution in [0, 0.1) is 0 Å². The molecule has 0 bridgehead atoms. The molecule has 2 aromatic heterocycles. The summed E-state index contributed by atoms with van der Waals surface area (Å²) in [5, 5.41) is 19.5. The molecule has 1 fully saturated rings. The molecular weight excluding hydrogens is 490 g/mol. The molecule has 0 amide bonds. The zero-order valence-corrected chi connectivity index (χ0v) is 23.3. The number of nitrogens with one attached hydrogen (secondary N) is 1. The summed E-state index contributed by atoms with van der Waals surface area (Å²) in [6.07, 6.45) is 8.50. The number of hydrogen-bond donors (Lipinski definition) is 1. The maximum Gasteiger partial charge on any atom is 0.229 e. The van der Waals surface area contributed by atoms with Gasteiger partial charge in [-0.2, -0.15) is 0 Å². The third kappa shape index (κ3) is 6.25. The highest BCUT2D eigenvalue weighted by Gasteiger charge is 2.35. The predicted octanol–water partition coefficient (Wildman–Crippen LogP) is 6.25. The normalized spacial score (nSPS) is 14.6. The molecule has 2 aromatic carbocycles. The van der Waals surface area contributed by atoms with Crippen molar-refractivity contribution in [3.05, 3.63) is 65.7 Å². The zero-order chi connectivity index (χ0) is 27.1. The van der Waals surface area contributed by atoms with E-state index in [4.69, 9.17) is 19.6 Å². The van der Waals surface area contributed by atoms with Gasteiger partial charge in [-0.3, -0.25) is 0 Å². The van der Waals surface area contributed by atoms with Gasteiger partial charge in [0.15, 0.2) is 5.82 Å². The first kappa shape index (κ1) is 27.1. The lowest BCUT2D eigenvalue weighted by molar-refractivity contribution is -0.239. The van der Waals surface area contributed by atoms with Crippen molar-refractivity contribution in [2.75, 3.05) is 13.2 Å². The van der Waals surface area contributed by atoms with Gasteiger partial charge in [-0.15, -0.1) is 10.2 Å². The van der Waals surface area contributed by atoms with E-state index in [1.54, 1.807) is 0 Å². The highest BCUT2D eigenvalue weighted by Crippen LogP contribution is 2.33. The van der Waals surface area contributed by atoms with E-state index in [1.807, 2.05) is 25.1 Å². The van der Waals surface area contributed by atoms with Crippen molar-refractivity contribution in [1.82, 2.24) is 35.4 Å². The van der Waals surface area contributed by atoms with E-state index in [1.165, 1.54) is 24.8 Å². The van der Waals surface area contributed by atoms with E-state index in [0.717, 1.165) is 48.2 Å². The lowest BCUT2D eigenvalue weighted by Crippen LogP contribution is -2.32. The van der Waals surface area contributed by atoms with Crippen molar-refractivity contribution in [2.45, 2.75) is 84.0 Å². The fourth-order valence-corrected chi connectivity index (χ4v) is 5.25. The molecule has 0 aliphatic heterocycles. The van der Waals surface area contributed by atoms with Crippen LogP contribution in [0.15, 0.2) is 48.5 Å². The highest BCUT2D eigenvalue weighted by molar-refractivity contribution is 5.80. The Morgan fingerprint density at radius 1 is 0.923 bits per heavy atom. The molecule has 5 rings (SSSR count). The molecule has 2 heterocycles. The largest absolute Gasteiger partial charge is 0.344 e. The minimum atomic E-state index is -0.955. The van der Waals surface area contributed by atoms with E-state index in [9.17, 15) is 0 Å². The van der Waals surface area contributed by atoms with Crippen LogP contribution in [0.5, 0.6) is 0 Å². The molecule has 1 N–H and O–H groups in total. The van der Waals surface area contributed by atoms with Gasteiger partial charge in [-0.1, -0.05) is 81.6 Å². The van der Waals surface area contributed by atoms with E-state index in [-0.39, 0.29) is 0 Å². The number of nitrogens with zero attached hydrogens (tertiary/aromatic N) is 6. The molecule has 0 radical (unpaired) electrons. The van der Waals surface area contributed by atoms with Crippen LogP contribution >= 0.6 is 0 Å². The number of ether oxygens (including phenoxy) is 2. The number of rotatable bonds is 12. The smallest absolute Gasteiger partial charge is 0.229 e. The predicted molar refractivity (Wildman–Crippen MR) is 150 cm³/mol. The van der Waals surface area contributed by atoms with Gasteiger partial charge in [0, 0.05) is 12.0 Å². The first-order valence-corrected chi connectivity index (χ1v) is 14.3. The summed E-state index contributed by atoms with van der Waals surface area (Å²) in [6.45, 7) is 7.36. The topological polar surface area (TPSA) is 104 Å². The monoisotopic (exact) mass is 529 g/mol. The van der Waals surface area contributed by atoms with Crippen LogP contribution in [0.4, 0.5) is 0 Å². The van der Waals surface area contributed by atoms with Crippen molar-refractivity contribution in [2.24, 2.45) is 0 Å². The van der Waals surface area contributed by atoms with Gasteiger partial charge in [0.05, 0.1) is 19.3 Å². The summed E-state index contributed by atoms with van der Waals surface area (Å²) in [7, 11) is 0. The van der Waals surface area contributed by atoms with Gasteiger partial charge < -0.3 is 9.47 Å². The van der Waals surface area contributed by atoms with Gasteiger partial charge in [-0.25, -0.2) is 14.8 Å². The summed E-state index contributed by atoms with van der Waals surface area (Å²) < 4.78 is 14.6. The Balaban J connectivity index is 1.44. The van der Waals surface area contributed by atoms with Crippen LogP contribution in [0.1, 0.15) is 89.0 Å². The van der Waals surface area contributed by atoms with Crippen molar-refractivity contribution in [3.63, 3.8) is 0 Å². The Labute approximate surface area is 230 Å². The van der Waals surface area contributed by atoms with Gasteiger partial charge in [0.2, 0.25) is 11.6 Å². The highest BCUT2D eigenvalue weighted by atomic mass is 16.7. The molecule has 0 unspecified atom stereocenters. The van der Waals surface area contributed by atoms with Crippen LogP contribution in [-0.2, 0) is 21.7 Å². The second kappa shape index (κ2) is 12.6. The first-order chi connectivity index (χ1) is 19.1. The van der Waals surface area contributed by atoms with Crippen molar-refractivity contribution < 1.29 is 9.47 Å². The Bertz CT molecular complexity index is 1300. The van der Waals surface area contributed by atoms with Crippen LogP contribution in [0.25, 0.3) is 22.5 Å². The van der Waals surface area contributed by atoms with Crippen molar-refractivity contribution >= 4 is 0 Å². The van der Waals surface area contributed by atoms with Crippen LogP contribution < -0.4 is 0 Å². The molecule has 206 valence electrons. The molecule has 1 aliphatic carbocycles. The van der Waals surface area contributed by atoms with Gasteiger partial charge in [0.25, 0.3) is 0 Å². The Morgan fingerprint density at radius 2 is 1.62 bits per heavy atom. The third-order valence-corrected chi connectivity index (χ3v) is 7.35. The maximum absolute atomic E-state index is 6.20. The SMILES string of the molecule is CCCOC(C)(OCCC)c1nc(Cc2ccc(-c3ccccc3-c3nnn[nH]3)cc2)n(C2CCCCC2)n1. The van der Waals surface area contributed by atoms with Crippen LogP contribution in [0.3, 0.4) is 0 Å². The van der Waals surface area contributed by atoms with Crippen molar-refractivity contribution in [1.29, 1.82) is 0 Å². The second-order valence-electron chi connectivity index (χ2n) is 10.4. The number of hydrogen-bond acceptors (Lipinski definition) is 7. The molecule has 4 aromatic rings. The molecule has 0 saturated heterocycles. The summed E-state index contributed by atoms with van der Waals surface area (Å²) in [4.78, 5) is 5.06. The Hall–Kier alpha value is -3.43. The standard InChI is InChI=1S/C30H39N7O2/c1-4-19-38-30(3,39-20-5-2)29-31-27(37(34-29)24-11-7-6-8-12-24)21-22-15-17-23(18-16-22)25-13-9-10-14-26(25)28-32-35-36-33-28/h9-10,13-18,24H,4-8,11-12,19-21H2,1-3H3,(H,32,33,35,36). The number of aromatic nitrogens is 7. The summed E-state index contributed by atoms with van der Waals surface area (Å²) in [6, 6.07) is 17.1. The number of benzene rings is 2. The minimum Gasteiger partial charge on any atom is -0.344 e.